The molecule has 2 aliphatic rings. The van der Waals surface area contributed by atoms with E-state index in [-0.39, 0.29) is 17.6 Å². The molecule has 1 N–H and O–H groups in total. The van der Waals surface area contributed by atoms with E-state index in [1.54, 1.807) is 10.7 Å². The van der Waals surface area contributed by atoms with Gasteiger partial charge in [0.15, 0.2) is 0 Å². The summed E-state index contributed by atoms with van der Waals surface area (Å²) in [6.45, 7) is 3.02. The van der Waals surface area contributed by atoms with Gasteiger partial charge < -0.3 is 10.1 Å². The zero-order chi connectivity index (χ0) is 18.4. The standard InChI is InChI=1S/C21H22N4O2/c1-13-10-18(15-4-2-3-5-17(15)22-13)23-19-11-27-12-20(19)25-21(26)9-8-16(24-25)14-6-7-14/h2-5,8-10,14,19-20H,6-7,11-12H2,1H3,(H,22,23). The molecule has 1 saturated heterocycles. The zero-order valence-electron chi connectivity index (χ0n) is 15.3. The van der Waals surface area contributed by atoms with Gasteiger partial charge in [-0.3, -0.25) is 9.78 Å². The molecular weight excluding hydrogens is 340 g/mol. The van der Waals surface area contributed by atoms with Gasteiger partial charge in [-0.25, -0.2) is 4.68 Å². The van der Waals surface area contributed by atoms with Gasteiger partial charge in [0.25, 0.3) is 5.56 Å². The third-order valence-corrected chi connectivity index (χ3v) is 5.39. The Morgan fingerprint density at radius 3 is 2.85 bits per heavy atom. The van der Waals surface area contributed by atoms with E-state index < -0.39 is 0 Å². The number of fused-ring (bicyclic) bond motifs is 1. The van der Waals surface area contributed by atoms with Crippen LogP contribution in [-0.4, -0.2) is 34.0 Å². The smallest absolute Gasteiger partial charge is 0.267 e. The van der Waals surface area contributed by atoms with Crippen molar-refractivity contribution in [1.29, 1.82) is 0 Å². The van der Waals surface area contributed by atoms with Crippen molar-refractivity contribution in [3.63, 3.8) is 0 Å². The van der Waals surface area contributed by atoms with Crippen LogP contribution in [0.15, 0.2) is 47.3 Å². The van der Waals surface area contributed by atoms with Crippen molar-refractivity contribution < 1.29 is 4.74 Å². The Labute approximate surface area is 157 Å². The molecular formula is C21H22N4O2. The molecule has 1 aliphatic heterocycles. The summed E-state index contributed by atoms with van der Waals surface area (Å²) < 4.78 is 7.35. The van der Waals surface area contributed by atoms with Crippen LogP contribution in [0.3, 0.4) is 0 Å². The highest BCUT2D eigenvalue weighted by Crippen LogP contribution is 2.38. The van der Waals surface area contributed by atoms with E-state index in [9.17, 15) is 4.79 Å². The molecule has 0 amide bonds. The second-order valence-electron chi connectivity index (χ2n) is 7.50. The van der Waals surface area contributed by atoms with E-state index in [0.29, 0.717) is 19.1 Å². The first-order chi connectivity index (χ1) is 13.2. The fourth-order valence-electron chi connectivity index (χ4n) is 3.82. The summed E-state index contributed by atoms with van der Waals surface area (Å²) in [6, 6.07) is 13.5. The van der Waals surface area contributed by atoms with Crippen molar-refractivity contribution in [1.82, 2.24) is 14.8 Å². The Balaban J connectivity index is 1.49. The third-order valence-electron chi connectivity index (χ3n) is 5.39. The van der Waals surface area contributed by atoms with Gasteiger partial charge in [-0.1, -0.05) is 18.2 Å². The lowest BCUT2D eigenvalue weighted by Gasteiger charge is -2.22. The van der Waals surface area contributed by atoms with Gasteiger partial charge in [0.2, 0.25) is 0 Å². The van der Waals surface area contributed by atoms with Gasteiger partial charge in [0.05, 0.1) is 30.5 Å². The molecule has 1 aromatic carbocycles. The van der Waals surface area contributed by atoms with Gasteiger partial charge in [0.1, 0.15) is 6.04 Å². The van der Waals surface area contributed by atoms with Gasteiger partial charge in [-0.15, -0.1) is 0 Å². The molecule has 6 heteroatoms. The number of hydrogen-bond donors (Lipinski definition) is 1. The maximum absolute atomic E-state index is 12.5. The van der Waals surface area contributed by atoms with Gasteiger partial charge in [0, 0.05) is 28.8 Å². The second-order valence-corrected chi connectivity index (χ2v) is 7.50. The number of aromatic nitrogens is 3. The first-order valence-electron chi connectivity index (χ1n) is 9.49. The number of aryl methyl sites for hydroxylation is 1. The Morgan fingerprint density at radius 2 is 2.00 bits per heavy atom. The highest BCUT2D eigenvalue weighted by Gasteiger charge is 2.33. The normalized spacial score (nSPS) is 22.3. The lowest BCUT2D eigenvalue weighted by molar-refractivity contribution is 0.182. The lowest BCUT2D eigenvalue weighted by atomic mass is 10.1. The SMILES string of the molecule is Cc1cc(NC2COCC2n2nc(C3CC3)ccc2=O)c2ccccc2n1. The Bertz CT molecular complexity index is 1060. The van der Waals surface area contributed by atoms with Gasteiger partial charge in [-0.2, -0.15) is 5.10 Å². The van der Waals surface area contributed by atoms with Crippen molar-refractivity contribution in [2.24, 2.45) is 0 Å². The first-order valence-corrected chi connectivity index (χ1v) is 9.49. The van der Waals surface area contributed by atoms with E-state index in [4.69, 9.17) is 4.74 Å². The van der Waals surface area contributed by atoms with Crippen molar-refractivity contribution in [2.75, 3.05) is 18.5 Å². The van der Waals surface area contributed by atoms with Crippen molar-refractivity contribution in [2.45, 2.75) is 37.8 Å². The summed E-state index contributed by atoms with van der Waals surface area (Å²) >= 11 is 0. The summed E-state index contributed by atoms with van der Waals surface area (Å²) in [6.07, 6.45) is 2.33. The molecule has 0 spiro atoms. The molecule has 3 aromatic rings. The molecule has 27 heavy (non-hydrogen) atoms. The average molecular weight is 362 g/mol. The summed E-state index contributed by atoms with van der Waals surface area (Å²) in [5.74, 6) is 0.511. The molecule has 6 nitrogen and oxygen atoms in total. The number of nitrogens with one attached hydrogen (secondary N) is 1. The van der Waals surface area contributed by atoms with Crippen LogP contribution in [0, 0.1) is 6.92 Å². The minimum Gasteiger partial charge on any atom is -0.377 e. The number of para-hydroxylation sites is 1. The van der Waals surface area contributed by atoms with Crippen molar-refractivity contribution >= 4 is 16.6 Å². The van der Waals surface area contributed by atoms with Gasteiger partial charge in [-0.05, 0) is 38.0 Å². The van der Waals surface area contributed by atoms with Crippen molar-refractivity contribution in [3.8, 4) is 0 Å². The molecule has 3 heterocycles. The quantitative estimate of drug-likeness (QED) is 0.773. The molecule has 2 atom stereocenters. The minimum atomic E-state index is -0.122. The number of ether oxygens (including phenoxy) is 1. The highest BCUT2D eigenvalue weighted by molar-refractivity contribution is 5.91. The largest absolute Gasteiger partial charge is 0.377 e. The highest BCUT2D eigenvalue weighted by atomic mass is 16.5. The number of nitrogens with zero attached hydrogens (tertiary/aromatic N) is 3. The molecule has 0 radical (unpaired) electrons. The molecule has 2 unspecified atom stereocenters. The molecule has 0 bridgehead atoms. The minimum absolute atomic E-state index is 0.0186. The molecule has 2 fully saturated rings. The lowest BCUT2D eigenvalue weighted by Crippen LogP contribution is -2.37. The van der Waals surface area contributed by atoms with Crippen LogP contribution in [0.5, 0.6) is 0 Å². The van der Waals surface area contributed by atoms with E-state index in [1.807, 2.05) is 31.2 Å². The van der Waals surface area contributed by atoms with Crippen LogP contribution in [-0.2, 0) is 4.74 Å². The monoisotopic (exact) mass is 362 g/mol. The van der Waals surface area contributed by atoms with Crippen LogP contribution in [0.1, 0.15) is 36.2 Å². The molecule has 138 valence electrons. The van der Waals surface area contributed by atoms with Crippen molar-refractivity contribution in [3.05, 3.63) is 64.2 Å². The topological polar surface area (TPSA) is 69.0 Å². The van der Waals surface area contributed by atoms with Crippen LogP contribution in [0.2, 0.25) is 0 Å². The molecule has 2 aromatic heterocycles. The zero-order valence-corrected chi connectivity index (χ0v) is 15.3. The van der Waals surface area contributed by atoms with E-state index >= 15 is 0 Å². The maximum Gasteiger partial charge on any atom is 0.267 e. The average Bonchev–Trinajstić information content (AvgIpc) is 3.42. The van der Waals surface area contributed by atoms with Crippen LogP contribution >= 0.6 is 0 Å². The predicted octanol–water partition coefficient (Wildman–Crippen LogP) is 3.03. The fourth-order valence-corrected chi connectivity index (χ4v) is 3.82. The van der Waals surface area contributed by atoms with E-state index in [1.165, 1.54) is 0 Å². The number of rotatable bonds is 4. The second kappa shape index (κ2) is 6.46. The summed E-state index contributed by atoms with van der Waals surface area (Å²) in [5.41, 5.74) is 3.88. The van der Waals surface area contributed by atoms with Crippen LogP contribution in [0.25, 0.3) is 10.9 Å². The summed E-state index contributed by atoms with van der Waals surface area (Å²) in [5, 5.41) is 9.33. The molecule has 5 rings (SSSR count). The summed E-state index contributed by atoms with van der Waals surface area (Å²) in [7, 11) is 0. The number of anilines is 1. The number of pyridine rings is 1. The number of hydrogen-bond acceptors (Lipinski definition) is 5. The Kier molecular flexibility index (Phi) is 3.93. The number of benzene rings is 1. The van der Waals surface area contributed by atoms with Crippen LogP contribution < -0.4 is 10.9 Å². The van der Waals surface area contributed by atoms with E-state index in [2.05, 4.69) is 27.5 Å². The Morgan fingerprint density at radius 1 is 1.15 bits per heavy atom. The molecule has 1 aliphatic carbocycles. The van der Waals surface area contributed by atoms with E-state index in [0.717, 1.165) is 40.8 Å². The molecule has 1 saturated carbocycles. The first kappa shape index (κ1) is 16.4. The third kappa shape index (κ3) is 3.10. The summed E-state index contributed by atoms with van der Waals surface area (Å²) in [4.78, 5) is 17.1. The Hall–Kier alpha value is -2.73. The fraction of sp³-hybridized carbons (Fsp3) is 0.381. The van der Waals surface area contributed by atoms with Crippen LogP contribution in [0.4, 0.5) is 5.69 Å². The predicted molar refractivity (Wildman–Crippen MR) is 104 cm³/mol. The maximum atomic E-state index is 12.5. The van der Waals surface area contributed by atoms with Gasteiger partial charge >= 0.3 is 0 Å².